The number of hydrogen-bond donors (Lipinski definition) is 1. The fraction of sp³-hybridized carbons (Fsp3) is 0.364. The molecule has 0 radical (unpaired) electrons. The van der Waals surface area contributed by atoms with Gasteiger partial charge in [-0.3, -0.25) is 0 Å². The number of benzene rings is 1. The van der Waals surface area contributed by atoms with E-state index in [-0.39, 0.29) is 12.7 Å². The van der Waals surface area contributed by atoms with Crippen LogP contribution in [0.2, 0.25) is 0 Å². The topological polar surface area (TPSA) is 33.8 Å². The summed E-state index contributed by atoms with van der Waals surface area (Å²) in [6.07, 6.45) is 0.0514. The minimum atomic E-state index is -0.0511. The van der Waals surface area contributed by atoms with Gasteiger partial charge >= 0.3 is 0 Å². The SMILES string of the molecule is [C-]#[N+]c1cc(CO)ccc1OC(C)C. The molecule has 1 aromatic rings. The van der Waals surface area contributed by atoms with Crippen LogP contribution >= 0.6 is 0 Å². The van der Waals surface area contributed by atoms with Crippen LogP contribution in [0.25, 0.3) is 4.85 Å². The first-order valence-electron chi connectivity index (χ1n) is 4.45. The molecule has 3 nitrogen and oxygen atoms in total. The molecule has 0 aromatic heterocycles. The average molecular weight is 191 g/mol. The maximum Gasteiger partial charge on any atom is 0.228 e. The second-order valence-corrected chi connectivity index (χ2v) is 3.24. The summed E-state index contributed by atoms with van der Waals surface area (Å²) in [5.41, 5.74) is 1.18. The fourth-order valence-corrected chi connectivity index (χ4v) is 1.10. The Bertz CT molecular complexity index is 353. The van der Waals surface area contributed by atoms with Gasteiger partial charge in [0.1, 0.15) is 5.75 Å². The predicted octanol–water partition coefficient (Wildman–Crippen LogP) is 2.52. The number of rotatable bonds is 3. The number of ether oxygens (including phenoxy) is 1. The standard InChI is InChI=1S/C11H13NO2/c1-8(2)14-11-5-4-9(7-13)6-10(11)12-3/h4-6,8,13H,7H2,1-2H3. The van der Waals surface area contributed by atoms with Crippen molar-refractivity contribution in [3.8, 4) is 5.75 Å². The number of aliphatic hydroxyl groups is 1. The van der Waals surface area contributed by atoms with Crippen LogP contribution in [0.3, 0.4) is 0 Å². The summed E-state index contributed by atoms with van der Waals surface area (Å²) in [6.45, 7) is 10.7. The Hall–Kier alpha value is -1.53. The van der Waals surface area contributed by atoms with Crippen molar-refractivity contribution >= 4 is 5.69 Å². The highest BCUT2D eigenvalue weighted by molar-refractivity contribution is 5.58. The summed E-state index contributed by atoms with van der Waals surface area (Å²) in [4.78, 5) is 3.35. The van der Waals surface area contributed by atoms with Gasteiger partial charge in [-0.25, -0.2) is 4.85 Å². The molecule has 0 aliphatic carbocycles. The fourth-order valence-electron chi connectivity index (χ4n) is 1.10. The summed E-state index contributed by atoms with van der Waals surface area (Å²) in [5, 5.41) is 8.89. The smallest absolute Gasteiger partial charge is 0.228 e. The van der Waals surface area contributed by atoms with Crippen LogP contribution in [0, 0.1) is 6.57 Å². The van der Waals surface area contributed by atoms with Crippen LogP contribution in [-0.2, 0) is 6.61 Å². The summed E-state index contributed by atoms with van der Waals surface area (Å²) in [5.74, 6) is 0.576. The molecule has 0 aliphatic rings. The molecule has 14 heavy (non-hydrogen) atoms. The molecule has 0 fully saturated rings. The van der Waals surface area contributed by atoms with Crippen molar-refractivity contribution in [2.45, 2.75) is 26.6 Å². The van der Waals surface area contributed by atoms with Gasteiger partial charge in [0, 0.05) is 0 Å². The highest BCUT2D eigenvalue weighted by Gasteiger charge is 2.06. The molecule has 0 amide bonds. The lowest BCUT2D eigenvalue weighted by Crippen LogP contribution is -2.05. The molecule has 0 atom stereocenters. The van der Waals surface area contributed by atoms with E-state index in [4.69, 9.17) is 16.4 Å². The quantitative estimate of drug-likeness (QED) is 0.745. The summed E-state index contributed by atoms with van der Waals surface area (Å²) >= 11 is 0. The average Bonchev–Trinajstić information content (AvgIpc) is 2.17. The molecular weight excluding hydrogens is 178 g/mol. The normalized spacial score (nSPS) is 9.93. The summed E-state index contributed by atoms with van der Waals surface area (Å²) in [7, 11) is 0. The van der Waals surface area contributed by atoms with Gasteiger partial charge in [0.15, 0.2) is 0 Å². The van der Waals surface area contributed by atoms with E-state index in [1.54, 1.807) is 18.2 Å². The Morgan fingerprint density at radius 2 is 2.21 bits per heavy atom. The molecule has 0 spiro atoms. The molecule has 0 saturated carbocycles. The van der Waals surface area contributed by atoms with Crippen LogP contribution in [-0.4, -0.2) is 11.2 Å². The van der Waals surface area contributed by atoms with Crippen LogP contribution in [0.5, 0.6) is 5.75 Å². The molecule has 0 unspecified atom stereocenters. The van der Waals surface area contributed by atoms with Crippen molar-refractivity contribution < 1.29 is 9.84 Å². The monoisotopic (exact) mass is 191 g/mol. The zero-order valence-electron chi connectivity index (χ0n) is 8.32. The van der Waals surface area contributed by atoms with Gasteiger partial charge in [-0.15, -0.1) is 0 Å². The first-order valence-corrected chi connectivity index (χ1v) is 4.45. The van der Waals surface area contributed by atoms with Gasteiger partial charge in [0.05, 0.1) is 19.3 Å². The van der Waals surface area contributed by atoms with Crippen LogP contribution < -0.4 is 4.74 Å². The molecule has 1 N–H and O–H groups in total. The molecule has 0 heterocycles. The molecule has 0 saturated heterocycles. The van der Waals surface area contributed by atoms with Crippen LogP contribution in [0.4, 0.5) is 5.69 Å². The predicted molar refractivity (Wildman–Crippen MR) is 54.4 cm³/mol. The molecule has 1 rings (SSSR count). The Balaban J connectivity index is 3.01. The summed E-state index contributed by atoms with van der Waals surface area (Å²) < 4.78 is 5.44. The largest absolute Gasteiger partial charge is 0.502 e. The lowest BCUT2D eigenvalue weighted by atomic mass is 10.2. The van der Waals surface area contributed by atoms with E-state index in [9.17, 15) is 0 Å². The van der Waals surface area contributed by atoms with Gasteiger partial charge in [-0.2, -0.15) is 0 Å². The van der Waals surface area contributed by atoms with E-state index in [0.29, 0.717) is 11.4 Å². The van der Waals surface area contributed by atoms with E-state index < -0.39 is 0 Å². The Kier molecular flexibility index (Phi) is 3.49. The Labute approximate surface area is 83.8 Å². The van der Waals surface area contributed by atoms with Crippen molar-refractivity contribution in [2.24, 2.45) is 0 Å². The Morgan fingerprint density at radius 1 is 1.50 bits per heavy atom. The first kappa shape index (κ1) is 10.6. The van der Waals surface area contributed by atoms with Crippen molar-refractivity contribution in [3.63, 3.8) is 0 Å². The van der Waals surface area contributed by atoms with Gasteiger partial charge in [-0.1, -0.05) is 6.07 Å². The minimum Gasteiger partial charge on any atom is -0.502 e. The molecule has 74 valence electrons. The molecule has 0 aliphatic heterocycles. The maximum atomic E-state index is 8.89. The van der Waals surface area contributed by atoms with E-state index in [0.717, 1.165) is 5.56 Å². The van der Waals surface area contributed by atoms with Crippen molar-refractivity contribution in [1.82, 2.24) is 0 Å². The van der Waals surface area contributed by atoms with Crippen molar-refractivity contribution in [2.75, 3.05) is 0 Å². The van der Waals surface area contributed by atoms with E-state index in [2.05, 4.69) is 4.85 Å². The summed E-state index contributed by atoms with van der Waals surface area (Å²) in [6, 6.07) is 5.12. The second-order valence-electron chi connectivity index (χ2n) is 3.24. The Morgan fingerprint density at radius 3 is 2.71 bits per heavy atom. The zero-order chi connectivity index (χ0) is 10.6. The molecule has 0 bridgehead atoms. The maximum absolute atomic E-state index is 8.89. The highest BCUT2D eigenvalue weighted by atomic mass is 16.5. The van der Waals surface area contributed by atoms with Crippen molar-refractivity contribution in [3.05, 3.63) is 35.2 Å². The van der Waals surface area contributed by atoms with Crippen LogP contribution in [0.1, 0.15) is 19.4 Å². The molecular formula is C11H13NO2. The highest BCUT2D eigenvalue weighted by Crippen LogP contribution is 2.29. The van der Waals surface area contributed by atoms with E-state index >= 15 is 0 Å². The number of nitrogens with zero attached hydrogens (tertiary/aromatic N) is 1. The number of aliphatic hydroxyl groups excluding tert-OH is 1. The molecule has 1 aromatic carbocycles. The van der Waals surface area contributed by atoms with Gasteiger partial charge in [0.2, 0.25) is 5.69 Å². The van der Waals surface area contributed by atoms with Gasteiger partial charge in [-0.05, 0) is 31.5 Å². The third-order valence-corrected chi connectivity index (χ3v) is 1.69. The van der Waals surface area contributed by atoms with Crippen molar-refractivity contribution in [1.29, 1.82) is 0 Å². The van der Waals surface area contributed by atoms with Crippen LogP contribution in [0.15, 0.2) is 18.2 Å². The minimum absolute atomic E-state index is 0.0511. The third-order valence-electron chi connectivity index (χ3n) is 1.69. The first-order chi connectivity index (χ1) is 6.67. The second kappa shape index (κ2) is 4.64. The third kappa shape index (κ3) is 2.48. The van der Waals surface area contributed by atoms with Gasteiger partial charge < -0.3 is 9.84 Å². The van der Waals surface area contributed by atoms with E-state index in [1.165, 1.54) is 0 Å². The lowest BCUT2D eigenvalue weighted by Gasteiger charge is -2.11. The lowest BCUT2D eigenvalue weighted by molar-refractivity contribution is 0.243. The molecule has 3 heteroatoms. The van der Waals surface area contributed by atoms with E-state index in [1.807, 2.05) is 13.8 Å². The zero-order valence-corrected chi connectivity index (χ0v) is 8.32. The van der Waals surface area contributed by atoms with Gasteiger partial charge in [0.25, 0.3) is 0 Å². The number of hydrogen-bond acceptors (Lipinski definition) is 2.